The number of hydrogen-bond acceptors (Lipinski definition) is 4. The molecule has 0 N–H and O–H groups in total. The number of benzene rings is 1. The molecule has 0 radical (unpaired) electrons. The number of rotatable bonds is 4. The molecule has 0 aliphatic carbocycles. The smallest absolute Gasteiger partial charge is 0.212 e. The van der Waals surface area contributed by atoms with Gasteiger partial charge in [0.2, 0.25) is 10.0 Å². The first-order valence-electron chi connectivity index (χ1n) is 7.09. The highest BCUT2D eigenvalue weighted by Crippen LogP contribution is 2.54. The Morgan fingerprint density at radius 3 is 2.32 bits per heavy atom. The van der Waals surface area contributed by atoms with E-state index in [0.29, 0.717) is 5.76 Å². The van der Waals surface area contributed by atoms with Crippen molar-refractivity contribution in [1.82, 2.24) is 4.31 Å². The van der Waals surface area contributed by atoms with Gasteiger partial charge in [0.1, 0.15) is 11.5 Å². The van der Waals surface area contributed by atoms with Gasteiger partial charge < -0.3 is 9.15 Å². The van der Waals surface area contributed by atoms with Crippen LogP contribution in [0.1, 0.15) is 30.3 Å². The Morgan fingerprint density at radius 1 is 1.14 bits per heavy atom. The Labute approximate surface area is 130 Å². The van der Waals surface area contributed by atoms with Crippen molar-refractivity contribution in [2.75, 3.05) is 13.4 Å². The number of sulfonamides is 1. The average molecular weight is 321 g/mol. The van der Waals surface area contributed by atoms with Crippen LogP contribution in [-0.2, 0) is 10.0 Å². The van der Waals surface area contributed by atoms with Gasteiger partial charge in [-0.2, -0.15) is 4.31 Å². The van der Waals surface area contributed by atoms with Gasteiger partial charge in [-0.1, -0.05) is 19.1 Å². The van der Waals surface area contributed by atoms with Crippen LogP contribution >= 0.6 is 0 Å². The number of furan rings is 1. The van der Waals surface area contributed by atoms with Crippen molar-refractivity contribution in [3.05, 3.63) is 54.0 Å². The molecule has 3 atom stereocenters. The molecule has 0 saturated carbocycles. The van der Waals surface area contributed by atoms with Gasteiger partial charge in [0.25, 0.3) is 0 Å². The third kappa shape index (κ3) is 2.42. The number of hydrogen-bond donors (Lipinski definition) is 0. The minimum absolute atomic E-state index is 0.134. The van der Waals surface area contributed by atoms with E-state index in [0.717, 1.165) is 11.3 Å². The first-order valence-corrected chi connectivity index (χ1v) is 8.94. The van der Waals surface area contributed by atoms with E-state index in [2.05, 4.69) is 0 Å². The average Bonchev–Trinajstić information content (AvgIpc) is 2.98. The summed E-state index contributed by atoms with van der Waals surface area (Å²) in [5.74, 6) is 1.57. The molecule has 22 heavy (non-hydrogen) atoms. The van der Waals surface area contributed by atoms with Gasteiger partial charge in [-0.05, 0) is 29.8 Å². The molecule has 0 amide bonds. The van der Waals surface area contributed by atoms with Gasteiger partial charge in [-0.3, -0.25) is 0 Å². The maximum Gasteiger partial charge on any atom is 0.212 e. The van der Waals surface area contributed by atoms with Crippen molar-refractivity contribution in [3.8, 4) is 5.75 Å². The molecule has 1 saturated heterocycles. The molecule has 118 valence electrons. The largest absolute Gasteiger partial charge is 0.497 e. The van der Waals surface area contributed by atoms with E-state index in [1.807, 2.05) is 37.3 Å². The number of ether oxygens (including phenoxy) is 1. The summed E-state index contributed by atoms with van der Waals surface area (Å²) in [6.07, 6.45) is 2.81. The second kappa shape index (κ2) is 5.44. The highest BCUT2D eigenvalue weighted by atomic mass is 32.2. The van der Waals surface area contributed by atoms with Crippen molar-refractivity contribution >= 4 is 10.0 Å². The van der Waals surface area contributed by atoms with Crippen LogP contribution in [0.5, 0.6) is 5.75 Å². The lowest BCUT2D eigenvalue weighted by Crippen LogP contribution is -2.53. The fourth-order valence-electron chi connectivity index (χ4n) is 3.22. The fraction of sp³-hybridized carbons (Fsp3) is 0.375. The lowest BCUT2D eigenvalue weighted by molar-refractivity contribution is 0.0161. The monoisotopic (exact) mass is 321 g/mol. The molecule has 1 aromatic carbocycles. The van der Waals surface area contributed by atoms with Crippen molar-refractivity contribution in [2.24, 2.45) is 5.92 Å². The lowest BCUT2D eigenvalue weighted by Gasteiger charge is -2.51. The summed E-state index contributed by atoms with van der Waals surface area (Å²) in [6.45, 7) is 2.05. The van der Waals surface area contributed by atoms with Crippen LogP contribution in [0.4, 0.5) is 0 Å². The summed E-state index contributed by atoms with van der Waals surface area (Å²) < 4.78 is 36.6. The van der Waals surface area contributed by atoms with Crippen molar-refractivity contribution in [2.45, 2.75) is 19.0 Å². The van der Waals surface area contributed by atoms with Crippen LogP contribution in [0.15, 0.2) is 47.1 Å². The third-order valence-electron chi connectivity index (χ3n) is 4.22. The van der Waals surface area contributed by atoms with E-state index in [4.69, 9.17) is 9.15 Å². The molecule has 5 nitrogen and oxygen atoms in total. The van der Waals surface area contributed by atoms with Gasteiger partial charge in [-0.25, -0.2) is 8.42 Å². The van der Waals surface area contributed by atoms with E-state index < -0.39 is 10.0 Å². The van der Waals surface area contributed by atoms with Gasteiger partial charge in [0, 0.05) is 5.92 Å². The van der Waals surface area contributed by atoms with Gasteiger partial charge in [0.05, 0.1) is 31.7 Å². The molecular weight excluding hydrogens is 302 g/mol. The van der Waals surface area contributed by atoms with Crippen LogP contribution in [0, 0.1) is 5.92 Å². The first kappa shape index (κ1) is 15.1. The second-order valence-electron chi connectivity index (χ2n) is 5.63. The standard InChI is InChI=1S/C16H19NO4S/c1-11-15(12-6-8-13(20-2)9-7-12)17(22(3,18)19)16(11)14-5-4-10-21-14/h4-11,15-16H,1-3H3/t11-,15-,16-/m0/s1. The predicted molar refractivity (Wildman–Crippen MR) is 83.0 cm³/mol. The van der Waals surface area contributed by atoms with Gasteiger partial charge in [0.15, 0.2) is 0 Å². The molecule has 1 aliphatic heterocycles. The topological polar surface area (TPSA) is 59.8 Å². The Kier molecular flexibility index (Phi) is 3.74. The Bertz CT molecular complexity index is 737. The van der Waals surface area contributed by atoms with Crippen LogP contribution in [0.3, 0.4) is 0 Å². The highest BCUT2D eigenvalue weighted by Gasteiger charge is 2.53. The van der Waals surface area contributed by atoms with Gasteiger partial charge >= 0.3 is 0 Å². The molecule has 1 fully saturated rings. The van der Waals surface area contributed by atoms with Crippen LogP contribution in [0.2, 0.25) is 0 Å². The van der Waals surface area contributed by atoms with E-state index in [-0.39, 0.29) is 18.0 Å². The maximum absolute atomic E-state index is 12.2. The van der Waals surface area contributed by atoms with Crippen molar-refractivity contribution in [3.63, 3.8) is 0 Å². The molecule has 0 bridgehead atoms. The summed E-state index contributed by atoms with van der Waals surface area (Å²) in [5, 5.41) is 0. The summed E-state index contributed by atoms with van der Waals surface area (Å²) in [6, 6.07) is 10.7. The predicted octanol–water partition coefficient (Wildman–Crippen LogP) is 2.98. The Balaban J connectivity index is 1.97. The maximum atomic E-state index is 12.2. The molecule has 6 heteroatoms. The quantitative estimate of drug-likeness (QED) is 0.868. The van der Waals surface area contributed by atoms with E-state index in [1.54, 1.807) is 19.4 Å². The zero-order valence-electron chi connectivity index (χ0n) is 12.8. The molecule has 1 aromatic heterocycles. The zero-order valence-corrected chi connectivity index (χ0v) is 13.6. The molecule has 0 spiro atoms. The first-order chi connectivity index (χ1) is 10.4. The normalized spacial score (nSPS) is 25.7. The van der Waals surface area contributed by atoms with Crippen LogP contribution in [-0.4, -0.2) is 26.1 Å². The van der Waals surface area contributed by atoms with Gasteiger partial charge in [-0.15, -0.1) is 0 Å². The van der Waals surface area contributed by atoms with Crippen molar-refractivity contribution in [1.29, 1.82) is 0 Å². The molecule has 1 aliphatic rings. The fourth-order valence-corrected chi connectivity index (χ4v) is 4.65. The summed E-state index contributed by atoms with van der Waals surface area (Å²) in [5.41, 5.74) is 0.960. The molecular formula is C16H19NO4S. The van der Waals surface area contributed by atoms with E-state index in [1.165, 1.54) is 10.6 Å². The Morgan fingerprint density at radius 2 is 1.82 bits per heavy atom. The molecule has 2 aromatic rings. The summed E-state index contributed by atoms with van der Waals surface area (Å²) >= 11 is 0. The molecule has 0 unspecified atom stereocenters. The van der Waals surface area contributed by atoms with Crippen LogP contribution < -0.4 is 4.74 Å². The van der Waals surface area contributed by atoms with Crippen LogP contribution in [0.25, 0.3) is 0 Å². The zero-order chi connectivity index (χ0) is 15.9. The SMILES string of the molecule is COc1ccc([C@@H]2[C@H](C)[C@@H](c3ccco3)N2S(C)(=O)=O)cc1. The summed E-state index contributed by atoms with van der Waals surface area (Å²) in [7, 11) is -1.74. The number of nitrogens with zero attached hydrogens (tertiary/aromatic N) is 1. The minimum atomic E-state index is -3.35. The highest BCUT2D eigenvalue weighted by molar-refractivity contribution is 7.88. The van der Waals surface area contributed by atoms with E-state index in [9.17, 15) is 8.42 Å². The van der Waals surface area contributed by atoms with E-state index >= 15 is 0 Å². The lowest BCUT2D eigenvalue weighted by atomic mass is 9.79. The molecule has 3 rings (SSSR count). The molecule has 2 heterocycles. The Hall–Kier alpha value is -1.79. The third-order valence-corrected chi connectivity index (χ3v) is 5.44. The summed E-state index contributed by atoms with van der Waals surface area (Å²) in [4.78, 5) is 0. The minimum Gasteiger partial charge on any atom is -0.497 e. The number of methoxy groups -OCH3 is 1. The second-order valence-corrected chi connectivity index (χ2v) is 7.52. The van der Waals surface area contributed by atoms with Crippen molar-refractivity contribution < 1.29 is 17.6 Å².